The van der Waals surface area contributed by atoms with Crippen LogP contribution in [-0.2, 0) is 14.9 Å². The zero-order valence-corrected chi connectivity index (χ0v) is 12.1. The van der Waals surface area contributed by atoms with Crippen LogP contribution in [0.2, 0.25) is 0 Å². The van der Waals surface area contributed by atoms with Crippen molar-refractivity contribution in [2.24, 2.45) is 0 Å². The van der Waals surface area contributed by atoms with Gasteiger partial charge in [0.2, 0.25) is 5.95 Å². The van der Waals surface area contributed by atoms with Gasteiger partial charge >= 0.3 is 5.97 Å². The van der Waals surface area contributed by atoms with Crippen molar-refractivity contribution in [3.8, 4) is 0 Å². The van der Waals surface area contributed by atoms with E-state index in [2.05, 4.69) is 15.3 Å². The molecule has 5 nitrogen and oxygen atoms in total. The molecule has 0 spiro atoms. The molecular weight excluding hydrogens is 281 g/mol. The summed E-state index contributed by atoms with van der Waals surface area (Å²) < 4.78 is 17.5. The monoisotopic (exact) mass is 295 g/mol. The number of hydrogen-bond donors (Lipinski definition) is 1. The van der Waals surface area contributed by atoms with Gasteiger partial charge in [-0.25, -0.2) is 9.97 Å². The molecule has 0 aliphatic rings. The third kappa shape index (κ3) is 2.93. The summed E-state index contributed by atoms with van der Waals surface area (Å²) in [5, 5.41) is 5.40. The molecule has 7 heteroatoms. The Hall–Kier alpha value is -2.02. The van der Waals surface area contributed by atoms with Gasteiger partial charge < -0.3 is 10.1 Å². The van der Waals surface area contributed by atoms with E-state index in [4.69, 9.17) is 4.74 Å². The van der Waals surface area contributed by atoms with Gasteiger partial charge in [-0.15, -0.1) is 11.3 Å². The van der Waals surface area contributed by atoms with Crippen LogP contribution in [0.5, 0.6) is 0 Å². The van der Waals surface area contributed by atoms with Crippen molar-refractivity contribution < 1.29 is 13.9 Å². The second-order valence-electron chi connectivity index (χ2n) is 4.65. The van der Waals surface area contributed by atoms with Crippen molar-refractivity contribution in [2.75, 3.05) is 12.4 Å². The van der Waals surface area contributed by atoms with E-state index in [-0.39, 0.29) is 5.97 Å². The van der Waals surface area contributed by atoms with Gasteiger partial charge in [-0.05, 0) is 26.0 Å². The molecule has 2 rings (SSSR count). The average Bonchev–Trinajstić information content (AvgIpc) is 2.89. The molecule has 0 aliphatic carbocycles. The molecule has 0 atom stereocenters. The van der Waals surface area contributed by atoms with Gasteiger partial charge in [-0.3, -0.25) is 4.79 Å². The molecule has 20 heavy (non-hydrogen) atoms. The van der Waals surface area contributed by atoms with E-state index in [0.29, 0.717) is 16.5 Å². The fourth-order valence-electron chi connectivity index (χ4n) is 1.55. The van der Waals surface area contributed by atoms with E-state index in [1.807, 2.05) is 0 Å². The van der Waals surface area contributed by atoms with E-state index < -0.39 is 11.4 Å². The zero-order valence-electron chi connectivity index (χ0n) is 11.3. The van der Waals surface area contributed by atoms with E-state index in [0.717, 1.165) is 0 Å². The second-order valence-corrected chi connectivity index (χ2v) is 5.51. The summed E-state index contributed by atoms with van der Waals surface area (Å²) in [6, 6.07) is 2.82. The maximum absolute atomic E-state index is 12.7. The van der Waals surface area contributed by atoms with E-state index in [1.165, 1.54) is 30.7 Å². The van der Waals surface area contributed by atoms with Gasteiger partial charge in [0.05, 0.1) is 24.7 Å². The fraction of sp³-hybridized carbons (Fsp3) is 0.308. The van der Waals surface area contributed by atoms with Crippen LogP contribution >= 0.6 is 11.3 Å². The highest BCUT2D eigenvalue weighted by atomic mass is 32.1. The fourth-order valence-corrected chi connectivity index (χ4v) is 2.45. The Morgan fingerprint density at radius 1 is 1.45 bits per heavy atom. The normalized spacial score (nSPS) is 11.2. The highest BCUT2D eigenvalue weighted by Gasteiger charge is 2.33. The van der Waals surface area contributed by atoms with Gasteiger partial charge in [-0.1, -0.05) is 0 Å². The lowest BCUT2D eigenvalue weighted by molar-refractivity contribution is -0.146. The molecule has 2 aromatic rings. The number of aromatic nitrogens is 2. The summed E-state index contributed by atoms with van der Waals surface area (Å²) in [4.78, 5) is 19.6. The number of rotatable bonds is 4. The van der Waals surface area contributed by atoms with Crippen LogP contribution in [0.25, 0.3) is 0 Å². The van der Waals surface area contributed by atoms with Crippen molar-refractivity contribution in [3.63, 3.8) is 0 Å². The van der Waals surface area contributed by atoms with E-state index >= 15 is 0 Å². The minimum absolute atomic E-state index is 0.349. The number of esters is 1. The molecule has 0 amide bonds. The van der Waals surface area contributed by atoms with E-state index in [1.54, 1.807) is 25.3 Å². The first-order chi connectivity index (χ1) is 9.43. The summed E-state index contributed by atoms with van der Waals surface area (Å²) in [6.45, 7) is 3.49. The van der Waals surface area contributed by atoms with Crippen LogP contribution in [0.4, 0.5) is 15.2 Å². The van der Waals surface area contributed by atoms with Gasteiger partial charge in [0.25, 0.3) is 0 Å². The smallest absolute Gasteiger partial charge is 0.317 e. The average molecular weight is 295 g/mol. The Morgan fingerprint density at radius 2 is 2.20 bits per heavy atom. The molecule has 1 N–H and O–H groups in total. The number of carbonyl (C=O) groups excluding carboxylic acids is 1. The van der Waals surface area contributed by atoms with Gasteiger partial charge in [-0.2, -0.15) is 4.39 Å². The topological polar surface area (TPSA) is 64.1 Å². The highest BCUT2D eigenvalue weighted by Crippen LogP contribution is 2.29. The molecule has 0 aliphatic heterocycles. The Morgan fingerprint density at radius 3 is 2.80 bits per heavy atom. The maximum Gasteiger partial charge on any atom is 0.317 e. The largest absolute Gasteiger partial charge is 0.468 e. The van der Waals surface area contributed by atoms with Gasteiger partial charge in [0.15, 0.2) is 5.13 Å². The summed E-state index contributed by atoms with van der Waals surface area (Å²) >= 11 is 1.35. The number of thiazole rings is 1. The lowest BCUT2D eigenvalue weighted by atomic mass is 9.90. The molecule has 2 heterocycles. The molecule has 0 saturated heterocycles. The van der Waals surface area contributed by atoms with Crippen LogP contribution < -0.4 is 5.32 Å². The number of halogens is 1. The quantitative estimate of drug-likeness (QED) is 0.694. The molecule has 0 unspecified atom stereocenters. The molecule has 0 aromatic carbocycles. The van der Waals surface area contributed by atoms with Crippen molar-refractivity contribution in [1.29, 1.82) is 0 Å². The summed E-state index contributed by atoms with van der Waals surface area (Å²) in [5.41, 5.74) is 0.432. The molecule has 106 valence electrons. The molecular formula is C13H14FN3O2S. The van der Waals surface area contributed by atoms with Crippen LogP contribution in [0.1, 0.15) is 19.5 Å². The lowest BCUT2D eigenvalue weighted by Gasteiger charge is -2.18. The lowest BCUT2D eigenvalue weighted by Crippen LogP contribution is -2.30. The Labute approximate surface area is 119 Å². The molecule has 0 saturated carbocycles. The van der Waals surface area contributed by atoms with Gasteiger partial charge in [0.1, 0.15) is 5.41 Å². The number of methoxy groups -OCH3 is 1. The standard InChI is InChI=1S/C13H14FN3O2S/c1-13(2,11(18)19-3)9-7-20-12(17-9)16-8-4-5-10(14)15-6-8/h4-7H,1-3H3,(H,16,17). The third-order valence-electron chi connectivity index (χ3n) is 2.82. The van der Waals surface area contributed by atoms with Crippen LogP contribution in [0.3, 0.4) is 0 Å². The summed E-state index contributed by atoms with van der Waals surface area (Å²) in [7, 11) is 1.35. The Bertz CT molecular complexity index is 610. The number of hydrogen-bond acceptors (Lipinski definition) is 6. The first-order valence-corrected chi connectivity index (χ1v) is 6.74. The van der Waals surface area contributed by atoms with E-state index in [9.17, 15) is 9.18 Å². The summed E-state index contributed by atoms with van der Waals surface area (Å²) in [5.74, 6) is -0.889. The number of anilines is 2. The number of nitrogens with zero attached hydrogens (tertiary/aromatic N) is 2. The SMILES string of the molecule is COC(=O)C(C)(C)c1csc(Nc2ccc(F)nc2)n1. The Kier molecular flexibility index (Phi) is 3.99. The minimum atomic E-state index is -0.813. The van der Waals surface area contributed by atoms with Crippen LogP contribution in [0, 0.1) is 5.95 Å². The predicted octanol–water partition coefficient (Wildman–Crippen LogP) is 2.87. The van der Waals surface area contributed by atoms with Crippen molar-refractivity contribution in [3.05, 3.63) is 35.4 Å². The maximum atomic E-state index is 12.7. The predicted molar refractivity (Wildman–Crippen MR) is 74.6 cm³/mol. The third-order valence-corrected chi connectivity index (χ3v) is 3.58. The Balaban J connectivity index is 2.17. The molecule has 0 fully saturated rings. The molecule has 2 aromatic heterocycles. The first kappa shape index (κ1) is 14.4. The number of nitrogens with one attached hydrogen (secondary N) is 1. The summed E-state index contributed by atoms with van der Waals surface area (Å²) in [6.07, 6.45) is 1.38. The number of ether oxygens (including phenoxy) is 1. The van der Waals surface area contributed by atoms with Crippen molar-refractivity contribution in [2.45, 2.75) is 19.3 Å². The van der Waals surface area contributed by atoms with Crippen molar-refractivity contribution in [1.82, 2.24) is 9.97 Å². The second kappa shape index (κ2) is 5.54. The van der Waals surface area contributed by atoms with Crippen LogP contribution in [-0.4, -0.2) is 23.0 Å². The van der Waals surface area contributed by atoms with Gasteiger partial charge in [0, 0.05) is 5.38 Å². The highest BCUT2D eigenvalue weighted by molar-refractivity contribution is 7.13. The minimum Gasteiger partial charge on any atom is -0.468 e. The number of pyridine rings is 1. The molecule has 0 radical (unpaired) electrons. The van der Waals surface area contributed by atoms with Crippen LogP contribution in [0.15, 0.2) is 23.7 Å². The first-order valence-electron chi connectivity index (χ1n) is 5.86. The zero-order chi connectivity index (χ0) is 14.8. The molecule has 0 bridgehead atoms. The van der Waals surface area contributed by atoms with Crippen molar-refractivity contribution >= 4 is 28.1 Å². The number of carbonyl (C=O) groups is 1.